The van der Waals surface area contributed by atoms with Gasteiger partial charge in [0.1, 0.15) is 0 Å². The molecule has 0 N–H and O–H groups in total. The van der Waals surface area contributed by atoms with Crippen LogP contribution in [0.3, 0.4) is 0 Å². The quantitative estimate of drug-likeness (QED) is 0.327. The highest BCUT2D eigenvalue weighted by Gasteiger charge is 2.38. The largest absolute Gasteiger partial charge is 0.120 e. The van der Waals surface area contributed by atoms with Gasteiger partial charge >= 0.3 is 0 Å². The summed E-state index contributed by atoms with van der Waals surface area (Å²) in [7, 11) is 0. The van der Waals surface area contributed by atoms with E-state index in [0.29, 0.717) is 17.8 Å². The standard InChI is InChI=1S/C33H36.C6H12.C2H6/c1-22-12-7-8-15-28(20-22)26(5)31-18-11-19-32(27(6)29-16-9-13-23(2)21-29)33(31)30-17-10-14-24(3)25(30)4;1-6-4-2-3-5-6;1-2/h7,9-10,12-17,20-21,31-33H,5-6,11,18-19H2,1-4H3;6H,2-5H2,1H3;1-2H3. The molecular weight excluding hydrogens is 492 g/mol. The van der Waals surface area contributed by atoms with Crippen LogP contribution in [0.25, 0.3) is 5.57 Å². The van der Waals surface area contributed by atoms with Crippen LogP contribution in [0.4, 0.5) is 0 Å². The van der Waals surface area contributed by atoms with Gasteiger partial charge in [0.15, 0.2) is 0 Å². The first-order valence-electron chi connectivity index (χ1n) is 16.1. The van der Waals surface area contributed by atoms with E-state index in [2.05, 4.69) is 114 Å². The molecule has 0 saturated heterocycles. The monoisotopic (exact) mass is 546 g/mol. The van der Waals surface area contributed by atoms with Gasteiger partial charge < -0.3 is 0 Å². The highest BCUT2D eigenvalue weighted by Crippen LogP contribution is 2.51. The van der Waals surface area contributed by atoms with Crippen LogP contribution in [0.2, 0.25) is 0 Å². The van der Waals surface area contributed by atoms with E-state index < -0.39 is 0 Å². The Labute approximate surface area is 252 Å². The minimum atomic E-state index is 0.366. The molecule has 2 saturated carbocycles. The average molecular weight is 547 g/mol. The predicted octanol–water partition coefficient (Wildman–Crippen LogP) is 12.2. The first-order valence-corrected chi connectivity index (χ1v) is 16.1. The molecule has 41 heavy (non-hydrogen) atoms. The van der Waals surface area contributed by atoms with Crippen molar-refractivity contribution in [1.82, 2.24) is 0 Å². The highest BCUT2D eigenvalue weighted by atomic mass is 14.4. The van der Waals surface area contributed by atoms with Gasteiger partial charge in [0.05, 0.1) is 0 Å². The smallest absolute Gasteiger partial charge is 0.00215 e. The number of allylic oxidation sites excluding steroid dienone is 7. The summed E-state index contributed by atoms with van der Waals surface area (Å²) in [6, 6.07) is 15.6. The number of hydrogen-bond donors (Lipinski definition) is 0. The topological polar surface area (TPSA) is 0 Å². The van der Waals surface area contributed by atoms with E-state index in [1.165, 1.54) is 88.6 Å². The van der Waals surface area contributed by atoms with Crippen molar-refractivity contribution in [1.29, 1.82) is 0 Å². The predicted molar refractivity (Wildman–Crippen MR) is 182 cm³/mol. The second kappa shape index (κ2) is 15.8. The molecule has 0 radical (unpaired) electrons. The van der Waals surface area contributed by atoms with E-state index in [9.17, 15) is 0 Å². The third kappa shape index (κ3) is 8.47. The van der Waals surface area contributed by atoms with Crippen LogP contribution in [0.5, 0.6) is 0 Å². The van der Waals surface area contributed by atoms with E-state index in [0.717, 1.165) is 12.3 Å². The van der Waals surface area contributed by atoms with Crippen LogP contribution in [-0.2, 0) is 0 Å². The second-order valence-corrected chi connectivity index (χ2v) is 12.3. The fourth-order valence-corrected chi connectivity index (χ4v) is 6.79. The van der Waals surface area contributed by atoms with E-state index in [1.807, 2.05) is 19.9 Å². The summed E-state index contributed by atoms with van der Waals surface area (Å²) in [6.45, 7) is 24.5. The van der Waals surface area contributed by atoms with E-state index >= 15 is 0 Å². The van der Waals surface area contributed by atoms with Crippen molar-refractivity contribution in [3.8, 4) is 0 Å². The molecule has 3 unspecified atom stereocenters. The molecule has 3 aliphatic carbocycles. The van der Waals surface area contributed by atoms with Crippen molar-refractivity contribution >= 4 is 5.57 Å². The zero-order chi connectivity index (χ0) is 29.9. The van der Waals surface area contributed by atoms with Crippen molar-refractivity contribution in [2.24, 2.45) is 17.8 Å². The summed E-state index contributed by atoms with van der Waals surface area (Å²) in [5, 5.41) is 0. The normalized spacial score (nSPS) is 21.9. The number of benzene rings is 2. The molecule has 0 heteroatoms. The lowest BCUT2D eigenvalue weighted by molar-refractivity contribution is 0.295. The van der Waals surface area contributed by atoms with E-state index in [1.54, 1.807) is 0 Å². The molecule has 2 aromatic carbocycles. The van der Waals surface area contributed by atoms with Gasteiger partial charge in [-0.05, 0) is 121 Å². The lowest BCUT2D eigenvalue weighted by atomic mass is 9.62. The molecule has 0 spiro atoms. The SMILES string of the molecule is C=C(C1=CC(C)=CC=C=C1)C1CCCC(C(=C)c2cccc(C)c2)C1c1cccc(C)c1C.CC.CC1CCCC1. The number of rotatable bonds is 5. The van der Waals surface area contributed by atoms with Crippen LogP contribution in [0, 0.1) is 38.5 Å². The zero-order valence-corrected chi connectivity index (χ0v) is 27.0. The van der Waals surface area contributed by atoms with Crippen LogP contribution >= 0.6 is 0 Å². The van der Waals surface area contributed by atoms with Crippen LogP contribution in [0.1, 0.15) is 106 Å². The van der Waals surface area contributed by atoms with Crippen molar-refractivity contribution in [2.45, 2.75) is 99.3 Å². The van der Waals surface area contributed by atoms with Crippen molar-refractivity contribution < 1.29 is 0 Å². The maximum atomic E-state index is 4.68. The molecule has 3 atom stereocenters. The summed E-state index contributed by atoms with van der Waals surface area (Å²) >= 11 is 0. The molecule has 218 valence electrons. The molecule has 0 heterocycles. The molecule has 5 rings (SSSR count). The Kier molecular flexibility index (Phi) is 12.5. The average Bonchev–Trinajstić information content (AvgIpc) is 3.36. The summed E-state index contributed by atoms with van der Waals surface area (Å²) < 4.78 is 0. The fourth-order valence-electron chi connectivity index (χ4n) is 6.79. The van der Waals surface area contributed by atoms with Crippen molar-refractivity contribution in [3.63, 3.8) is 0 Å². The summed E-state index contributed by atoms with van der Waals surface area (Å²) in [5.41, 5.74) is 15.1. The third-order valence-corrected chi connectivity index (χ3v) is 9.27. The lowest BCUT2D eigenvalue weighted by Gasteiger charge is -2.42. The molecule has 2 fully saturated rings. The Morgan fingerprint density at radius 3 is 2.10 bits per heavy atom. The molecular formula is C41H54. The van der Waals surface area contributed by atoms with Gasteiger partial charge in [0.25, 0.3) is 0 Å². The minimum absolute atomic E-state index is 0.366. The van der Waals surface area contributed by atoms with Gasteiger partial charge in [0, 0.05) is 0 Å². The minimum Gasteiger partial charge on any atom is -0.120 e. The molecule has 0 amide bonds. The maximum absolute atomic E-state index is 4.68. The van der Waals surface area contributed by atoms with Gasteiger partial charge in [0.2, 0.25) is 0 Å². The Morgan fingerprint density at radius 2 is 1.46 bits per heavy atom. The van der Waals surface area contributed by atoms with Gasteiger partial charge in [-0.3, -0.25) is 0 Å². The number of hydrogen-bond acceptors (Lipinski definition) is 0. The molecule has 0 aliphatic heterocycles. The lowest BCUT2D eigenvalue weighted by Crippen LogP contribution is -2.29. The number of aryl methyl sites for hydroxylation is 2. The van der Waals surface area contributed by atoms with E-state index in [4.69, 9.17) is 0 Å². The Hall–Kier alpha value is -3.08. The van der Waals surface area contributed by atoms with Gasteiger partial charge in [-0.2, -0.15) is 0 Å². The maximum Gasteiger partial charge on any atom is -0.00215 e. The fraction of sp³-hybridized carbons (Fsp3) is 0.439. The third-order valence-electron chi connectivity index (χ3n) is 9.27. The van der Waals surface area contributed by atoms with Gasteiger partial charge in [-0.25, -0.2) is 0 Å². The van der Waals surface area contributed by atoms with Crippen LogP contribution in [0.15, 0.2) is 102 Å². The Bertz CT molecular complexity index is 1310. The van der Waals surface area contributed by atoms with Crippen LogP contribution in [-0.4, -0.2) is 0 Å². The van der Waals surface area contributed by atoms with Crippen LogP contribution < -0.4 is 0 Å². The molecule has 2 aromatic rings. The first-order chi connectivity index (χ1) is 19.8. The Morgan fingerprint density at radius 1 is 0.805 bits per heavy atom. The van der Waals surface area contributed by atoms with Gasteiger partial charge in [-0.15, -0.1) is 5.73 Å². The highest BCUT2D eigenvalue weighted by molar-refractivity contribution is 5.68. The molecule has 0 aromatic heterocycles. The summed E-state index contributed by atoms with van der Waals surface area (Å²) in [6.07, 6.45) is 17.9. The van der Waals surface area contributed by atoms with Gasteiger partial charge in [-0.1, -0.05) is 126 Å². The first kappa shape index (κ1) is 32.4. The van der Waals surface area contributed by atoms with Crippen molar-refractivity contribution in [3.05, 3.63) is 130 Å². The second-order valence-electron chi connectivity index (χ2n) is 12.3. The molecule has 3 aliphatic rings. The Balaban J connectivity index is 0.000000505. The molecule has 0 bridgehead atoms. The zero-order valence-electron chi connectivity index (χ0n) is 27.0. The van der Waals surface area contributed by atoms with Crippen molar-refractivity contribution in [2.75, 3.05) is 0 Å². The van der Waals surface area contributed by atoms with E-state index in [-0.39, 0.29) is 0 Å². The summed E-state index contributed by atoms with van der Waals surface area (Å²) in [5.74, 6) is 2.18. The summed E-state index contributed by atoms with van der Waals surface area (Å²) in [4.78, 5) is 0. The molecule has 0 nitrogen and oxygen atoms in total.